The molecule has 2 saturated heterocycles. The number of aromatic nitrogens is 1. The number of amides is 1. The lowest BCUT2D eigenvalue weighted by Gasteiger charge is -2.23. The Bertz CT molecular complexity index is 1200. The second-order valence-electron chi connectivity index (χ2n) is 8.17. The Balaban J connectivity index is 1.64. The number of nitrogens with zero attached hydrogens (tertiary/aromatic N) is 2. The van der Waals surface area contributed by atoms with E-state index in [0.29, 0.717) is 37.4 Å². The number of sulfonamides is 1. The maximum absolute atomic E-state index is 13.1. The van der Waals surface area contributed by atoms with Crippen LogP contribution >= 0.6 is 11.6 Å². The number of carbonyl (C=O) groups is 2. The zero-order chi connectivity index (χ0) is 24.3. The van der Waals surface area contributed by atoms with Gasteiger partial charge in [0.25, 0.3) is 5.91 Å². The molecule has 1 aromatic carbocycles. The highest BCUT2D eigenvalue weighted by atomic mass is 35.5. The molecule has 1 amide bonds. The third-order valence-electron chi connectivity index (χ3n) is 5.86. The molecule has 9 nitrogen and oxygen atoms in total. The molecule has 34 heavy (non-hydrogen) atoms. The first-order valence-electron chi connectivity index (χ1n) is 11.2. The molecule has 11 heteroatoms. The van der Waals surface area contributed by atoms with Gasteiger partial charge in [-0.1, -0.05) is 11.6 Å². The number of hydrogen-bond acceptors (Lipinski definition) is 7. The fraction of sp³-hybridized carbons (Fsp3) is 0.435. The largest absolute Gasteiger partial charge is 0.462 e. The molecule has 2 aliphatic heterocycles. The van der Waals surface area contributed by atoms with Gasteiger partial charge in [-0.2, -0.15) is 0 Å². The molecule has 0 bridgehead atoms. The van der Waals surface area contributed by atoms with E-state index >= 15 is 0 Å². The lowest BCUT2D eigenvalue weighted by molar-refractivity contribution is 0.0526. The number of nitrogens with one attached hydrogen (secondary N) is 1. The number of esters is 1. The Hall–Kier alpha value is -2.69. The van der Waals surface area contributed by atoms with Crippen LogP contribution in [0.1, 0.15) is 58.4 Å². The molecular formula is C23H26ClN3O6S. The summed E-state index contributed by atoms with van der Waals surface area (Å²) >= 11 is 6.23. The van der Waals surface area contributed by atoms with Crippen molar-refractivity contribution in [1.82, 2.24) is 4.98 Å². The summed E-state index contributed by atoms with van der Waals surface area (Å²) in [4.78, 5) is 29.7. The zero-order valence-corrected chi connectivity index (χ0v) is 20.3. The maximum atomic E-state index is 13.1. The number of pyridine rings is 1. The molecule has 0 unspecified atom stereocenters. The summed E-state index contributed by atoms with van der Waals surface area (Å²) in [6, 6.07) is 6.55. The molecule has 2 aromatic rings. The van der Waals surface area contributed by atoms with Crippen molar-refractivity contribution < 1.29 is 27.5 Å². The summed E-state index contributed by atoms with van der Waals surface area (Å²) in [5.41, 5.74) is 1.75. The van der Waals surface area contributed by atoms with Crippen LogP contribution in [-0.2, 0) is 19.5 Å². The van der Waals surface area contributed by atoms with Crippen molar-refractivity contribution in [3.8, 4) is 0 Å². The van der Waals surface area contributed by atoms with Crippen molar-refractivity contribution in [3.05, 3.63) is 52.2 Å². The molecule has 0 spiro atoms. The average molecular weight is 508 g/mol. The number of halogens is 1. The molecule has 3 heterocycles. The van der Waals surface area contributed by atoms with Crippen LogP contribution in [0, 0.1) is 0 Å². The number of rotatable bonds is 6. The van der Waals surface area contributed by atoms with Crippen molar-refractivity contribution in [2.75, 3.05) is 41.7 Å². The second-order valence-corrected chi connectivity index (χ2v) is 10.6. The van der Waals surface area contributed by atoms with Gasteiger partial charge in [0.1, 0.15) is 5.82 Å². The lowest BCUT2D eigenvalue weighted by atomic mass is 9.90. The molecule has 0 aliphatic carbocycles. The molecule has 0 saturated carbocycles. The highest BCUT2D eigenvalue weighted by Crippen LogP contribution is 2.31. The van der Waals surface area contributed by atoms with Gasteiger partial charge in [-0.3, -0.25) is 9.10 Å². The van der Waals surface area contributed by atoms with Gasteiger partial charge in [0.05, 0.1) is 28.5 Å². The molecule has 0 atom stereocenters. The highest BCUT2D eigenvalue weighted by Gasteiger charge is 2.30. The summed E-state index contributed by atoms with van der Waals surface area (Å²) < 4.78 is 36.3. The van der Waals surface area contributed by atoms with Gasteiger partial charge < -0.3 is 14.8 Å². The van der Waals surface area contributed by atoms with E-state index in [1.807, 2.05) is 6.07 Å². The van der Waals surface area contributed by atoms with Crippen molar-refractivity contribution >= 4 is 45.0 Å². The molecule has 0 radical (unpaired) electrons. The SMILES string of the molecule is CCOC(=O)c1cc(NC(=O)c2cc(N3CCCS3(=O)=O)ncc2Cl)cc(C2CCOCC2)c1. The average Bonchev–Trinajstić information content (AvgIpc) is 3.18. The van der Waals surface area contributed by atoms with Crippen molar-refractivity contribution in [2.24, 2.45) is 0 Å². The Morgan fingerprint density at radius 2 is 2.00 bits per heavy atom. The fourth-order valence-corrected chi connectivity index (χ4v) is 5.85. The van der Waals surface area contributed by atoms with Gasteiger partial charge in [0, 0.05) is 31.6 Å². The number of ether oxygens (including phenoxy) is 2. The maximum Gasteiger partial charge on any atom is 0.338 e. The molecule has 1 aromatic heterocycles. The standard InChI is InChI=1S/C23H26ClN3O6S/c1-2-33-23(29)17-10-16(15-4-7-32-8-5-15)11-18(12-17)26-22(28)19-13-21(25-14-20(19)24)27-6-3-9-34(27,30)31/h10-15H,2-9H2,1H3,(H,26,28). The van der Waals surface area contributed by atoms with Gasteiger partial charge in [0.15, 0.2) is 0 Å². The Labute approximate surface area is 203 Å². The minimum Gasteiger partial charge on any atom is -0.462 e. The number of benzene rings is 1. The van der Waals surface area contributed by atoms with Gasteiger partial charge in [-0.05, 0) is 61.9 Å². The van der Waals surface area contributed by atoms with Crippen molar-refractivity contribution in [2.45, 2.75) is 32.1 Å². The van der Waals surface area contributed by atoms with Gasteiger partial charge in [-0.15, -0.1) is 0 Å². The zero-order valence-electron chi connectivity index (χ0n) is 18.8. The summed E-state index contributed by atoms with van der Waals surface area (Å²) in [6.45, 7) is 3.52. The van der Waals surface area contributed by atoms with Gasteiger partial charge >= 0.3 is 5.97 Å². The molecule has 2 fully saturated rings. The van der Waals surface area contributed by atoms with E-state index in [1.54, 1.807) is 19.1 Å². The summed E-state index contributed by atoms with van der Waals surface area (Å²) in [5, 5.41) is 2.88. The first-order chi connectivity index (χ1) is 16.3. The minimum absolute atomic E-state index is 0.0362. The summed E-state index contributed by atoms with van der Waals surface area (Å²) in [7, 11) is -3.46. The lowest BCUT2D eigenvalue weighted by Crippen LogP contribution is -2.26. The predicted molar refractivity (Wildman–Crippen MR) is 128 cm³/mol. The topological polar surface area (TPSA) is 115 Å². The van der Waals surface area contributed by atoms with Gasteiger partial charge in [0.2, 0.25) is 10.0 Å². The van der Waals surface area contributed by atoms with Gasteiger partial charge in [-0.25, -0.2) is 18.2 Å². The van der Waals surface area contributed by atoms with Crippen LogP contribution in [-0.4, -0.2) is 57.4 Å². The van der Waals surface area contributed by atoms with Crippen LogP contribution in [0.25, 0.3) is 0 Å². The van der Waals surface area contributed by atoms with Crippen LogP contribution < -0.4 is 9.62 Å². The van der Waals surface area contributed by atoms with Crippen molar-refractivity contribution in [1.29, 1.82) is 0 Å². The van der Waals surface area contributed by atoms with Crippen LogP contribution in [0.5, 0.6) is 0 Å². The Morgan fingerprint density at radius 3 is 2.68 bits per heavy atom. The number of carbonyl (C=O) groups excluding carboxylic acids is 2. The van der Waals surface area contributed by atoms with Crippen molar-refractivity contribution in [3.63, 3.8) is 0 Å². The van der Waals surface area contributed by atoms with E-state index < -0.39 is 21.9 Å². The Kier molecular flexibility index (Phi) is 7.39. The van der Waals surface area contributed by atoms with E-state index in [-0.39, 0.29) is 34.7 Å². The number of anilines is 2. The Morgan fingerprint density at radius 1 is 1.24 bits per heavy atom. The fourth-order valence-electron chi connectivity index (χ4n) is 4.16. The quantitative estimate of drug-likeness (QED) is 0.594. The highest BCUT2D eigenvalue weighted by molar-refractivity contribution is 7.93. The smallest absolute Gasteiger partial charge is 0.338 e. The predicted octanol–water partition coefficient (Wildman–Crippen LogP) is 3.60. The third-order valence-corrected chi connectivity index (χ3v) is 8.00. The normalized spacial score (nSPS) is 18.0. The van der Waals surface area contributed by atoms with E-state index in [0.717, 1.165) is 18.4 Å². The molecule has 4 rings (SSSR count). The first kappa shape index (κ1) is 24.4. The second kappa shape index (κ2) is 10.3. The van der Waals surface area contributed by atoms with E-state index in [4.69, 9.17) is 21.1 Å². The van der Waals surface area contributed by atoms with Crippen LogP contribution in [0.4, 0.5) is 11.5 Å². The molecule has 182 valence electrons. The molecule has 1 N–H and O–H groups in total. The van der Waals surface area contributed by atoms with Crippen LogP contribution in [0.2, 0.25) is 5.02 Å². The van der Waals surface area contributed by atoms with Crippen LogP contribution in [0.15, 0.2) is 30.5 Å². The van der Waals surface area contributed by atoms with Crippen LogP contribution in [0.3, 0.4) is 0 Å². The summed E-state index contributed by atoms with van der Waals surface area (Å²) in [6.07, 6.45) is 3.37. The summed E-state index contributed by atoms with van der Waals surface area (Å²) in [5.74, 6) is -0.640. The first-order valence-corrected chi connectivity index (χ1v) is 13.1. The number of hydrogen-bond donors (Lipinski definition) is 1. The van der Waals surface area contributed by atoms with E-state index in [2.05, 4.69) is 10.3 Å². The monoisotopic (exact) mass is 507 g/mol. The molecular weight excluding hydrogens is 482 g/mol. The van der Waals surface area contributed by atoms with E-state index in [9.17, 15) is 18.0 Å². The third kappa shape index (κ3) is 5.34. The molecule has 2 aliphatic rings. The minimum atomic E-state index is -3.46. The van der Waals surface area contributed by atoms with E-state index in [1.165, 1.54) is 16.6 Å².